The van der Waals surface area contributed by atoms with Gasteiger partial charge in [0.1, 0.15) is 5.78 Å². The van der Waals surface area contributed by atoms with Crippen LogP contribution in [0.4, 0.5) is 0 Å². The second-order valence-corrected chi connectivity index (χ2v) is 5.11. The van der Waals surface area contributed by atoms with Gasteiger partial charge in [-0.3, -0.25) is 9.59 Å². The molecule has 114 valence electrons. The number of rotatable bonds is 7. The van der Waals surface area contributed by atoms with Crippen LogP contribution >= 0.6 is 0 Å². The van der Waals surface area contributed by atoms with E-state index in [1.54, 1.807) is 6.07 Å². The van der Waals surface area contributed by atoms with Crippen LogP contribution in [0.1, 0.15) is 41.3 Å². The van der Waals surface area contributed by atoms with E-state index in [9.17, 15) is 14.4 Å². The molecule has 0 fully saturated rings. The van der Waals surface area contributed by atoms with Crippen molar-refractivity contribution in [2.75, 3.05) is 13.1 Å². The van der Waals surface area contributed by atoms with Crippen LogP contribution in [0, 0.1) is 13.8 Å². The van der Waals surface area contributed by atoms with Crippen molar-refractivity contribution in [2.45, 2.75) is 33.6 Å². The zero-order valence-corrected chi connectivity index (χ0v) is 12.8. The first-order chi connectivity index (χ1) is 9.90. The van der Waals surface area contributed by atoms with Gasteiger partial charge in [-0.2, -0.15) is 0 Å². The molecule has 0 aliphatic carbocycles. The van der Waals surface area contributed by atoms with Crippen molar-refractivity contribution in [1.82, 2.24) is 10.6 Å². The summed E-state index contributed by atoms with van der Waals surface area (Å²) in [4.78, 5) is 34.0. The molecule has 21 heavy (non-hydrogen) atoms. The molecule has 0 bridgehead atoms. The molecule has 1 rings (SSSR count). The minimum absolute atomic E-state index is 0.00630. The van der Waals surface area contributed by atoms with E-state index in [1.165, 1.54) is 6.92 Å². The molecule has 2 amide bonds. The van der Waals surface area contributed by atoms with Crippen LogP contribution < -0.4 is 10.6 Å². The van der Waals surface area contributed by atoms with Crippen LogP contribution in [0.25, 0.3) is 0 Å². The molecule has 0 unspecified atom stereocenters. The number of benzene rings is 1. The fourth-order valence-corrected chi connectivity index (χ4v) is 1.74. The normalized spacial score (nSPS) is 10.0. The smallest absolute Gasteiger partial charge is 0.251 e. The molecular weight excluding hydrogens is 268 g/mol. The standard InChI is InChI=1S/C16H22N2O3/c1-11-4-6-14(10-12(11)2)16(21)18-9-8-17-15(20)7-5-13(3)19/h4,6,10H,5,7-9H2,1-3H3,(H,17,20)(H,18,21). The van der Waals surface area contributed by atoms with Gasteiger partial charge in [-0.05, 0) is 44.0 Å². The summed E-state index contributed by atoms with van der Waals surface area (Å²) < 4.78 is 0. The van der Waals surface area contributed by atoms with Crippen LogP contribution in [0.2, 0.25) is 0 Å². The van der Waals surface area contributed by atoms with Gasteiger partial charge < -0.3 is 15.4 Å². The van der Waals surface area contributed by atoms with Gasteiger partial charge in [0.2, 0.25) is 5.91 Å². The third-order valence-corrected chi connectivity index (χ3v) is 3.21. The summed E-state index contributed by atoms with van der Waals surface area (Å²) in [5, 5.41) is 5.40. The number of aryl methyl sites for hydroxylation is 2. The van der Waals surface area contributed by atoms with E-state index in [-0.39, 0.29) is 30.4 Å². The molecule has 2 N–H and O–H groups in total. The Kier molecular flexibility index (Phi) is 6.59. The summed E-state index contributed by atoms with van der Waals surface area (Å²) in [5.41, 5.74) is 2.82. The Morgan fingerprint density at radius 2 is 1.62 bits per heavy atom. The van der Waals surface area contributed by atoms with Crippen LogP contribution in [0.3, 0.4) is 0 Å². The number of carbonyl (C=O) groups excluding carboxylic acids is 3. The highest BCUT2D eigenvalue weighted by Gasteiger charge is 2.06. The number of nitrogens with one attached hydrogen (secondary N) is 2. The molecule has 1 aromatic carbocycles. The highest BCUT2D eigenvalue weighted by atomic mass is 16.2. The highest BCUT2D eigenvalue weighted by Crippen LogP contribution is 2.09. The molecule has 0 radical (unpaired) electrons. The van der Waals surface area contributed by atoms with Gasteiger partial charge in [-0.1, -0.05) is 6.07 Å². The molecule has 0 atom stereocenters. The quantitative estimate of drug-likeness (QED) is 0.748. The Labute approximate surface area is 125 Å². The van der Waals surface area contributed by atoms with E-state index in [4.69, 9.17) is 0 Å². The number of hydrogen-bond acceptors (Lipinski definition) is 3. The minimum Gasteiger partial charge on any atom is -0.354 e. The van der Waals surface area contributed by atoms with E-state index in [0.717, 1.165) is 11.1 Å². The molecule has 1 aromatic rings. The average molecular weight is 290 g/mol. The highest BCUT2D eigenvalue weighted by molar-refractivity contribution is 5.94. The Hall–Kier alpha value is -2.17. The maximum atomic E-state index is 11.9. The monoisotopic (exact) mass is 290 g/mol. The number of hydrogen-bond donors (Lipinski definition) is 2. The molecule has 0 aromatic heterocycles. The minimum atomic E-state index is -0.175. The fourth-order valence-electron chi connectivity index (χ4n) is 1.74. The zero-order valence-electron chi connectivity index (χ0n) is 12.8. The summed E-state index contributed by atoms with van der Waals surface area (Å²) in [6.45, 7) is 6.12. The lowest BCUT2D eigenvalue weighted by molar-refractivity contribution is -0.124. The van der Waals surface area contributed by atoms with Crippen LogP contribution in [-0.2, 0) is 9.59 Å². The molecular formula is C16H22N2O3. The third kappa shape index (κ3) is 6.21. The Balaban J connectivity index is 2.29. The first kappa shape index (κ1) is 16.9. The molecule has 5 nitrogen and oxygen atoms in total. The van der Waals surface area contributed by atoms with E-state index >= 15 is 0 Å². The van der Waals surface area contributed by atoms with Gasteiger partial charge in [-0.15, -0.1) is 0 Å². The lowest BCUT2D eigenvalue weighted by Crippen LogP contribution is -2.34. The van der Waals surface area contributed by atoms with E-state index in [2.05, 4.69) is 10.6 Å². The van der Waals surface area contributed by atoms with Gasteiger partial charge in [0.25, 0.3) is 5.91 Å². The zero-order chi connectivity index (χ0) is 15.8. The van der Waals surface area contributed by atoms with E-state index in [0.29, 0.717) is 18.7 Å². The fraction of sp³-hybridized carbons (Fsp3) is 0.438. The number of Topliss-reactive ketones (excluding diaryl/α,β-unsaturated/α-hetero) is 1. The van der Waals surface area contributed by atoms with Crippen LogP contribution in [-0.4, -0.2) is 30.7 Å². The summed E-state index contributed by atoms with van der Waals surface area (Å²) in [7, 11) is 0. The lowest BCUT2D eigenvalue weighted by atomic mass is 10.1. The maximum Gasteiger partial charge on any atom is 0.251 e. The van der Waals surface area contributed by atoms with E-state index < -0.39 is 0 Å². The van der Waals surface area contributed by atoms with Crippen molar-refractivity contribution in [3.05, 3.63) is 34.9 Å². The van der Waals surface area contributed by atoms with Gasteiger partial charge in [0.05, 0.1) is 0 Å². The number of ketones is 1. The maximum absolute atomic E-state index is 11.9. The molecule has 0 saturated heterocycles. The van der Waals surface area contributed by atoms with Gasteiger partial charge in [0.15, 0.2) is 0 Å². The van der Waals surface area contributed by atoms with Gasteiger partial charge >= 0.3 is 0 Å². The van der Waals surface area contributed by atoms with Crippen molar-refractivity contribution >= 4 is 17.6 Å². The molecule has 0 aliphatic rings. The van der Waals surface area contributed by atoms with Crippen LogP contribution in [0.5, 0.6) is 0 Å². The van der Waals surface area contributed by atoms with Crippen molar-refractivity contribution in [1.29, 1.82) is 0 Å². The topological polar surface area (TPSA) is 75.3 Å². The largest absolute Gasteiger partial charge is 0.354 e. The molecule has 0 spiro atoms. The predicted molar refractivity (Wildman–Crippen MR) is 81.2 cm³/mol. The first-order valence-electron chi connectivity index (χ1n) is 7.01. The summed E-state index contributed by atoms with van der Waals surface area (Å²) >= 11 is 0. The van der Waals surface area contributed by atoms with Gasteiger partial charge in [-0.25, -0.2) is 0 Å². The summed E-state index contributed by atoms with van der Waals surface area (Å²) in [6, 6.07) is 5.53. The van der Waals surface area contributed by atoms with Gasteiger partial charge in [0, 0.05) is 31.5 Å². The summed E-state index contributed by atoms with van der Waals surface area (Å²) in [5.74, 6) is -0.338. The Morgan fingerprint density at radius 3 is 2.24 bits per heavy atom. The molecule has 0 heterocycles. The van der Waals surface area contributed by atoms with Crippen molar-refractivity contribution in [3.8, 4) is 0 Å². The third-order valence-electron chi connectivity index (χ3n) is 3.21. The van der Waals surface area contributed by atoms with Crippen molar-refractivity contribution in [3.63, 3.8) is 0 Å². The van der Waals surface area contributed by atoms with E-state index in [1.807, 2.05) is 26.0 Å². The molecule has 0 aliphatic heterocycles. The molecule has 0 saturated carbocycles. The first-order valence-corrected chi connectivity index (χ1v) is 7.01. The average Bonchev–Trinajstić information content (AvgIpc) is 2.44. The number of carbonyl (C=O) groups is 3. The molecule has 5 heteroatoms. The predicted octanol–water partition coefficient (Wildman–Crippen LogP) is 1.52. The van der Waals surface area contributed by atoms with Crippen molar-refractivity contribution < 1.29 is 14.4 Å². The van der Waals surface area contributed by atoms with Crippen molar-refractivity contribution in [2.24, 2.45) is 0 Å². The second-order valence-electron chi connectivity index (χ2n) is 5.11. The SMILES string of the molecule is CC(=O)CCC(=O)NCCNC(=O)c1ccc(C)c(C)c1. The number of amides is 2. The Bertz CT molecular complexity index is 538. The second kappa shape index (κ2) is 8.19. The Morgan fingerprint density at radius 1 is 0.952 bits per heavy atom. The van der Waals surface area contributed by atoms with Crippen LogP contribution in [0.15, 0.2) is 18.2 Å². The summed E-state index contributed by atoms with van der Waals surface area (Å²) in [6.07, 6.45) is 0.446. The lowest BCUT2D eigenvalue weighted by Gasteiger charge is -2.08.